The normalized spacial score (nSPS) is 17.5. The second-order valence-corrected chi connectivity index (χ2v) is 3.69. The van der Waals surface area contributed by atoms with Gasteiger partial charge in [0.15, 0.2) is 0 Å². The summed E-state index contributed by atoms with van der Waals surface area (Å²) in [5.74, 6) is 0.690. The van der Waals surface area contributed by atoms with E-state index < -0.39 is 0 Å². The molecule has 1 unspecified atom stereocenters. The van der Waals surface area contributed by atoms with Crippen molar-refractivity contribution in [3.8, 4) is 0 Å². The molecule has 0 saturated carbocycles. The molecule has 0 N–H and O–H groups in total. The lowest BCUT2D eigenvalue weighted by Crippen LogP contribution is -2.06. The summed E-state index contributed by atoms with van der Waals surface area (Å²) < 4.78 is 0. The van der Waals surface area contributed by atoms with Crippen LogP contribution in [0.15, 0.2) is 42.0 Å². The van der Waals surface area contributed by atoms with Crippen molar-refractivity contribution in [2.24, 2.45) is 0 Å². The summed E-state index contributed by atoms with van der Waals surface area (Å²) in [4.78, 5) is 0. The molecule has 1 aromatic rings. The lowest BCUT2D eigenvalue weighted by molar-refractivity contribution is 0.673. The van der Waals surface area contributed by atoms with Crippen LogP contribution < -0.4 is 0 Å². The Bertz CT molecular complexity index is 295. The average Bonchev–Trinajstić information content (AvgIpc) is 2.12. The van der Waals surface area contributed by atoms with E-state index in [4.69, 9.17) is 0 Å². The first-order chi connectivity index (χ1) is 6.42. The van der Waals surface area contributed by atoms with Crippen molar-refractivity contribution in [3.05, 3.63) is 47.5 Å². The molecule has 2 rings (SSSR count). The van der Waals surface area contributed by atoms with Gasteiger partial charge >= 0.3 is 0 Å². The Labute approximate surface area is 80.3 Å². The van der Waals surface area contributed by atoms with Crippen molar-refractivity contribution in [2.75, 3.05) is 0 Å². The summed E-state index contributed by atoms with van der Waals surface area (Å²) in [5.41, 5.74) is 3.13. The van der Waals surface area contributed by atoms with Gasteiger partial charge in [0.1, 0.15) is 0 Å². The van der Waals surface area contributed by atoms with Gasteiger partial charge in [-0.2, -0.15) is 0 Å². The van der Waals surface area contributed by atoms with Crippen LogP contribution in [0.5, 0.6) is 0 Å². The molecule has 0 aliphatic heterocycles. The zero-order valence-electron chi connectivity index (χ0n) is 8.16. The van der Waals surface area contributed by atoms with Gasteiger partial charge in [0.2, 0.25) is 0 Å². The minimum Gasteiger partial charge on any atom is -0.0844 e. The third-order valence-corrected chi connectivity index (χ3v) is 2.90. The van der Waals surface area contributed by atoms with Crippen LogP contribution in [-0.2, 0) is 0 Å². The highest BCUT2D eigenvalue weighted by atomic mass is 14.2. The first kappa shape index (κ1) is 8.55. The molecule has 0 bridgehead atoms. The van der Waals surface area contributed by atoms with E-state index in [9.17, 15) is 0 Å². The zero-order valence-corrected chi connectivity index (χ0v) is 8.16. The second-order valence-electron chi connectivity index (χ2n) is 3.69. The molecule has 0 heteroatoms. The minimum absolute atomic E-state index is 0.690. The first-order valence-electron chi connectivity index (χ1n) is 5.15. The van der Waals surface area contributed by atoms with E-state index in [1.54, 1.807) is 5.57 Å². The summed E-state index contributed by atoms with van der Waals surface area (Å²) in [5, 5.41) is 0. The van der Waals surface area contributed by atoms with E-state index in [-0.39, 0.29) is 0 Å². The first-order valence-corrected chi connectivity index (χ1v) is 5.15. The van der Waals surface area contributed by atoms with Gasteiger partial charge < -0.3 is 0 Å². The SMILES string of the molecule is CCC(C1=CCC1)c1ccccc1. The quantitative estimate of drug-likeness (QED) is 0.606. The molecule has 0 aromatic heterocycles. The summed E-state index contributed by atoms with van der Waals surface area (Å²) in [7, 11) is 0. The molecule has 0 nitrogen and oxygen atoms in total. The van der Waals surface area contributed by atoms with Gasteiger partial charge in [-0.3, -0.25) is 0 Å². The zero-order chi connectivity index (χ0) is 9.10. The predicted octanol–water partition coefficient (Wildman–Crippen LogP) is 3.90. The molecule has 0 fully saturated rings. The van der Waals surface area contributed by atoms with Crippen LogP contribution in [0.3, 0.4) is 0 Å². The number of benzene rings is 1. The summed E-state index contributed by atoms with van der Waals surface area (Å²) >= 11 is 0. The maximum Gasteiger partial charge on any atom is 0.00456 e. The van der Waals surface area contributed by atoms with Gasteiger partial charge in [0.05, 0.1) is 0 Å². The summed E-state index contributed by atoms with van der Waals surface area (Å²) in [6.45, 7) is 2.27. The Balaban J connectivity index is 2.22. The highest BCUT2D eigenvalue weighted by Crippen LogP contribution is 2.35. The second kappa shape index (κ2) is 3.78. The van der Waals surface area contributed by atoms with Gasteiger partial charge in [0.25, 0.3) is 0 Å². The van der Waals surface area contributed by atoms with E-state index in [2.05, 4.69) is 43.3 Å². The van der Waals surface area contributed by atoms with Crippen LogP contribution in [0.2, 0.25) is 0 Å². The third-order valence-electron chi connectivity index (χ3n) is 2.90. The van der Waals surface area contributed by atoms with Crippen molar-refractivity contribution < 1.29 is 0 Å². The van der Waals surface area contributed by atoms with Crippen molar-refractivity contribution in [2.45, 2.75) is 32.1 Å². The predicted molar refractivity (Wildman–Crippen MR) is 56.8 cm³/mol. The Morgan fingerprint density at radius 1 is 1.23 bits per heavy atom. The lowest BCUT2D eigenvalue weighted by Gasteiger charge is -2.24. The Morgan fingerprint density at radius 2 is 1.92 bits per heavy atom. The number of allylic oxidation sites excluding steroid dienone is 2. The molecule has 0 heterocycles. The summed E-state index contributed by atoms with van der Waals surface area (Å²) in [6.07, 6.45) is 6.23. The van der Waals surface area contributed by atoms with Crippen LogP contribution in [0.4, 0.5) is 0 Å². The molecule has 1 aliphatic carbocycles. The number of rotatable bonds is 3. The average molecular weight is 172 g/mol. The number of hydrogen-bond acceptors (Lipinski definition) is 0. The monoisotopic (exact) mass is 172 g/mol. The number of hydrogen-bond donors (Lipinski definition) is 0. The van der Waals surface area contributed by atoms with Gasteiger partial charge in [-0.15, -0.1) is 0 Å². The smallest absolute Gasteiger partial charge is 0.00456 e. The molecule has 1 atom stereocenters. The maximum absolute atomic E-state index is 2.39. The van der Waals surface area contributed by atoms with Gasteiger partial charge in [-0.05, 0) is 24.8 Å². The fourth-order valence-corrected chi connectivity index (χ4v) is 2.02. The maximum atomic E-state index is 2.39. The van der Waals surface area contributed by atoms with Crippen molar-refractivity contribution >= 4 is 0 Å². The molecule has 13 heavy (non-hydrogen) atoms. The van der Waals surface area contributed by atoms with Crippen molar-refractivity contribution in [1.82, 2.24) is 0 Å². The summed E-state index contributed by atoms with van der Waals surface area (Å²) in [6, 6.07) is 10.8. The molecular formula is C13H16. The molecule has 0 radical (unpaired) electrons. The van der Waals surface area contributed by atoms with Gasteiger partial charge in [0, 0.05) is 5.92 Å². The molecule has 68 valence electrons. The standard InChI is InChI=1S/C13H16/c1-2-13(12-9-6-10-12)11-7-4-3-5-8-11/h3-5,7-9,13H,2,6,10H2,1H3. The molecule has 1 aliphatic rings. The Hall–Kier alpha value is -1.04. The van der Waals surface area contributed by atoms with E-state index in [1.165, 1.54) is 24.8 Å². The van der Waals surface area contributed by atoms with Gasteiger partial charge in [-0.1, -0.05) is 48.9 Å². The third kappa shape index (κ3) is 1.67. The van der Waals surface area contributed by atoms with E-state index in [1.807, 2.05) is 0 Å². The van der Waals surface area contributed by atoms with Crippen molar-refractivity contribution in [3.63, 3.8) is 0 Å². The van der Waals surface area contributed by atoms with Crippen LogP contribution in [-0.4, -0.2) is 0 Å². The highest BCUT2D eigenvalue weighted by Gasteiger charge is 2.17. The fourth-order valence-electron chi connectivity index (χ4n) is 2.02. The minimum atomic E-state index is 0.690. The molecule has 0 saturated heterocycles. The van der Waals surface area contributed by atoms with E-state index in [0.717, 1.165) is 0 Å². The van der Waals surface area contributed by atoms with Crippen LogP contribution >= 0.6 is 0 Å². The molecular weight excluding hydrogens is 156 g/mol. The Kier molecular flexibility index (Phi) is 2.49. The molecule has 0 spiro atoms. The largest absolute Gasteiger partial charge is 0.0844 e. The highest BCUT2D eigenvalue weighted by molar-refractivity contribution is 5.31. The van der Waals surface area contributed by atoms with E-state index >= 15 is 0 Å². The van der Waals surface area contributed by atoms with Crippen LogP contribution in [0, 0.1) is 0 Å². The molecule has 1 aromatic carbocycles. The van der Waals surface area contributed by atoms with Gasteiger partial charge in [-0.25, -0.2) is 0 Å². The van der Waals surface area contributed by atoms with E-state index in [0.29, 0.717) is 5.92 Å². The lowest BCUT2D eigenvalue weighted by atomic mass is 9.81. The topological polar surface area (TPSA) is 0 Å². The Morgan fingerprint density at radius 3 is 2.38 bits per heavy atom. The van der Waals surface area contributed by atoms with Crippen LogP contribution in [0.1, 0.15) is 37.7 Å². The van der Waals surface area contributed by atoms with Crippen LogP contribution in [0.25, 0.3) is 0 Å². The van der Waals surface area contributed by atoms with Crippen molar-refractivity contribution in [1.29, 1.82) is 0 Å². The molecule has 0 amide bonds. The fraction of sp³-hybridized carbons (Fsp3) is 0.385.